The van der Waals surface area contributed by atoms with E-state index in [1.807, 2.05) is 19.9 Å². The second-order valence-corrected chi connectivity index (χ2v) is 8.22. The van der Waals surface area contributed by atoms with Crippen LogP contribution in [0.15, 0.2) is 53.4 Å². The quantitative estimate of drug-likeness (QED) is 0.793. The third kappa shape index (κ3) is 5.39. The molecule has 2 aromatic rings. The summed E-state index contributed by atoms with van der Waals surface area (Å²) < 4.78 is 27.4. The Balaban J connectivity index is 2.04. The molecule has 7 heteroatoms. The number of rotatable bonds is 7. The molecule has 0 saturated heterocycles. The molecular weight excluding hydrogens is 362 g/mol. The van der Waals surface area contributed by atoms with Gasteiger partial charge in [0.1, 0.15) is 0 Å². The molecule has 0 aliphatic heterocycles. The first-order valence-corrected chi connectivity index (χ1v) is 10.1. The SMILES string of the molecule is CC(=O)N(CCNS(=O)(=O)c1ccc(C(C)C)cc1)c1ccc(C#N)cc1. The largest absolute Gasteiger partial charge is 0.311 e. The highest BCUT2D eigenvalue weighted by Crippen LogP contribution is 2.18. The number of nitrogens with zero attached hydrogens (tertiary/aromatic N) is 2. The third-order valence-electron chi connectivity index (χ3n) is 4.17. The Morgan fingerprint density at radius 2 is 1.70 bits per heavy atom. The molecule has 0 radical (unpaired) electrons. The van der Waals surface area contributed by atoms with Crippen LogP contribution >= 0.6 is 0 Å². The number of hydrogen-bond acceptors (Lipinski definition) is 4. The van der Waals surface area contributed by atoms with E-state index >= 15 is 0 Å². The Kier molecular flexibility index (Phi) is 6.72. The van der Waals surface area contributed by atoms with E-state index in [-0.39, 0.29) is 23.9 Å². The van der Waals surface area contributed by atoms with Crippen molar-refractivity contribution in [3.8, 4) is 6.07 Å². The second kappa shape index (κ2) is 8.80. The average molecular weight is 385 g/mol. The van der Waals surface area contributed by atoms with Crippen LogP contribution in [0.3, 0.4) is 0 Å². The minimum atomic E-state index is -3.65. The van der Waals surface area contributed by atoms with Gasteiger partial charge in [-0.2, -0.15) is 5.26 Å². The summed E-state index contributed by atoms with van der Waals surface area (Å²) in [6, 6.07) is 15.4. The first kappa shape index (κ1) is 20.6. The molecule has 0 aromatic heterocycles. The van der Waals surface area contributed by atoms with Crippen molar-refractivity contribution in [1.82, 2.24) is 4.72 Å². The lowest BCUT2D eigenvalue weighted by atomic mass is 10.0. The molecule has 1 amide bonds. The van der Waals surface area contributed by atoms with Crippen LogP contribution in [0, 0.1) is 11.3 Å². The molecule has 0 unspecified atom stereocenters. The zero-order chi connectivity index (χ0) is 20.0. The number of carbonyl (C=O) groups excluding carboxylic acids is 1. The number of anilines is 1. The van der Waals surface area contributed by atoms with E-state index in [4.69, 9.17) is 5.26 Å². The van der Waals surface area contributed by atoms with E-state index in [1.54, 1.807) is 48.5 Å². The number of sulfonamides is 1. The first-order valence-electron chi connectivity index (χ1n) is 8.62. The molecule has 0 aliphatic carbocycles. The van der Waals surface area contributed by atoms with Gasteiger partial charge >= 0.3 is 0 Å². The van der Waals surface area contributed by atoms with Crippen molar-refractivity contribution in [3.63, 3.8) is 0 Å². The van der Waals surface area contributed by atoms with Crippen molar-refractivity contribution >= 4 is 21.6 Å². The van der Waals surface area contributed by atoms with Gasteiger partial charge in [0, 0.05) is 25.7 Å². The Labute approximate surface area is 160 Å². The van der Waals surface area contributed by atoms with Crippen LogP contribution in [-0.4, -0.2) is 27.4 Å². The third-order valence-corrected chi connectivity index (χ3v) is 5.65. The normalized spacial score (nSPS) is 11.2. The van der Waals surface area contributed by atoms with Crippen LogP contribution in [0.1, 0.15) is 37.8 Å². The van der Waals surface area contributed by atoms with Gasteiger partial charge in [-0.05, 0) is 47.9 Å². The fraction of sp³-hybridized carbons (Fsp3) is 0.300. The van der Waals surface area contributed by atoms with Crippen LogP contribution < -0.4 is 9.62 Å². The van der Waals surface area contributed by atoms with E-state index in [2.05, 4.69) is 4.72 Å². The van der Waals surface area contributed by atoms with Gasteiger partial charge in [0.05, 0.1) is 16.5 Å². The minimum Gasteiger partial charge on any atom is -0.311 e. The molecule has 0 atom stereocenters. The lowest BCUT2D eigenvalue weighted by Gasteiger charge is -2.21. The van der Waals surface area contributed by atoms with E-state index in [0.29, 0.717) is 17.2 Å². The molecule has 0 spiro atoms. The Bertz CT molecular complexity index is 928. The van der Waals surface area contributed by atoms with E-state index in [9.17, 15) is 13.2 Å². The molecule has 2 aromatic carbocycles. The van der Waals surface area contributed by atoms with Crippen molar-refractivity contribution in [1.29, 1.82) is 5.26 Å². The van der Waals surface area contributed by atoms with Gasteiger partial charge in [0.15, 0.2) is 0 Å². The van der Waals surface area contributed by atoms with Crippen LogP contribution in [0.4, 0.5) is 5.69 Å². The number of benzene rings is 2. The van der Waals surface area contributed by atoms with Crippen LogP contribution in [-0.2, 0) is 14.8 Å². The topological polar surface area (TPSA) is 90.3 Å². The van der Waals surface area contributed by atoms with Gasteiger partial charge in [-0.15, -0.1) is 0 Å². The van der Waals surface area contributed by atoms with Crippen molar-refractivity contribution in [2.75, 3.05) is 18.0 Å². The summed E-state index contributed by atoms with van der Waals surface area (Å²) in [5.74, 6) is 0.117. The standard InChI is InChI=1S/C20H23N3O3S/c1-15(2)18-6-10-20(11-7-18)27(25,26)22-12-13-23(16(3)24)19-8-4-17(14-21)5-9-19/h4-11,15,22H,12-13H2,1-3H3. The number of nitrogens with one attached hydrogen (secondary N) is 1. The number of amides is 1. The Morgan fingerprint density at radius 1 is 1.11 bits per heavy atom. The van der Waals surface area contributed by atoms with E-state index in [0.717, 1.165) is 5.56 Å². The molecule has 0 fully saturated rings. The summed E-state index contributed by atoms with van der Waals surface area (Å²) >= 11 is 0. The monoisotopic (exact) mass is 385 g/mol. The number of carbonyl (C=O) groups is 1. The molecule has 0 saturated carbocycles. The van der Waals surface area contributed by atoms with Crippen LogP contribution in [0.5, 0.6) is 0 Å². The predicted octanol–water partition coefficient (Wildman–Crippen LogP) is 3.01. The lowest BCUT2D eigenvalue weighted by molar-refractivity contribution is -0.116. The molecular formula is C20H23N3O3S. The molecule has 142 valence electrons. The van der Waals surface area contributed by atoms with Gasteiger partial charge in [-0.25, -0.2) is 13.1 Å². The van der Waals surface area contributed by atoms with Crippen molar-refractivity contribution < 1.29 is 13.2 Å². The van der Waals surface area contributed by atoms with Gasteiger partial charge in [0.2, 0.25) is 15.9 Å². The van der Waals surface area contributed by atoms with E-state index < -0.39 is 10.0 Å². The summed E-state index contributed by atoms with van der Waals surface area (Å²) in [7, 11) is -3.65. The smallest absolute Gasteiger partial charge is 0.240 e. The summed E-state index contributed by atoms with van der Waals surface area (Å²) in [6.45, 7) is 5.76. The molecule has 0 heterocycles. The highest BCUT2D eigenvalue weighted by atomic mass is 32.2. The maximum absolute atomic E-state index is 12.4. The molecule has 1 N–H and O–H groups in total. The van der Waals surface area contributed by atoms with Crippen LogP contribution in [0.2, 0.25) is 0 Å². The maximum atomic E-state index is 12.4. The molecule has 0 bridgehead atoms. The van der Waals surface area contributed by atoms with Gasteiger partial charge in [-0.1, -0.05) is 26.0 Å². The first-order chi connectivity index (χ1) is 12.7. The minimum absolute atomic E-state index is 0.0772. The van der Waals surface area contributed by atoms with Crippen molar-refractivity contribution in [2.24, 2.45) is 0 Å². The maximum Gasteiger partial charge on any atom is 0.240 e. The average Bonchev–Trinajstić information content (AvgIpc) is 2.65. The molecule has 0 aliphatic rings. The zero-order valence-corrected chi connectivity index (χ0v) is 16.5. The van der Waals surface area contributed by atoms with Gasteiger partial charge in [-0.3, -0.25) is 4.79 Å². The second-order valence-electron chi connectivity index (χ2n) is 6.45. The fourth-order valence-electron chi connectivity index (χ4n) is 2.59. The predicted molar refractivity (Wildman–Crippen MR) is 105 cm³/mol. The summed E-state index contributed by atoms with van der Waals surface area (Å²) in [5.41, 5.74) is 2.17. The highest BCUT2D eigenvalue weighted by molar-refractivity contribution is 7.89. The molecule has 2 rings (SSSR count). The van der Waals surface area contributed by atoms with Crippen LogP contribution in [0.25, 0.3) is 0 Å². The van der Waals surface area contributed by atoms with E-state index in [1.165, 1.54) is 11.8 Å². The number of hydrogen-bond donors (Lipinski definition) is 1. The summed E-state index contributed by atoms with van der Waals surface area (Å²) in [6.07, 6.45) is 0. The summed E-state index contributed by atoms with van der Waals surface area (Å²) in [5, 5.41) is 8.86. The summed E-state index contributed by atoms with van der Waals surface area (Å²) in [4.78, 5) is 13.6. The Morgan fingerprint density at radius 3 is 2.19 bits per heavy atom. The fourth-order valence-corrected chi connectivity index (χ4v) is 3.61. The lowest BCUT2D eigenvalue weighted by Crippen LogP contribution is -2.37. The van der Waals surface area contributed by atoms with Crippen molar-refractivity contribution in [2.45, 2.75) is 31.6 Å². The highest BCUT2D eigenvalue weighted by Gasteiger charge is 2.16. The Hall–Kier alpha value is -2.69. The molecule has 27 heavy (non-hydrogen) atoms. The zero-order valence-electron chi connectivity index (χ0n) is 15.6. The molecule has 6 nitrogen and oxygen atoms in total. The van der Waals surface area contributed by atoms with Gasteiger partial charge in [0.25, 0.3) is 0 Å². The van der Waals surface area contributed by atoms with Gasteiger partial charge < -0.3 is 4.90 Å². The number of nitriles is 1. The van der Waals surface area contributed by atoms with Crippen molar-refractivity contribution in [3.05, 3.63) is 59.7 Å².